The summed E-state index contributed by atoms with van der Waals surface area (Å²) in [5, 5.41) is 2.52. The minimum Gasteiger partial charge on any atom is -0.310 e. The summed E-state index contributed by atoms with van der Waals surface area (Å²) < 4.78 is 2.37. The van der Waals surface area contributed by atoms with Gasteiger partial charge in [0, 0.05) is 33.5 Å². The Labute approximate surface area is 473 Å². The van der Waals surface area contributed by atoms with Crippen molar-refractivity contribution < 1.29 is 0 Å². The largest absolute Gasteiger partial charge is 0.310 e. The number of anilines is 3. The maximum absolute atomic E-state index is 2.50. The molecule has 16 rings (SSSR count). The molecular weight excluding hydrogens is 977 g/mol. The normalized spacial score (nSPS) is 14.8. The zero-order valence-corrected chi connectivity index (χ0v) is 44.7. The molecule has 3 aliphatic rings. The summed E-state index contributed by atoms with van der Waals surface area (Å²) in [6.45, 7) is 0. The van der Waals surface area contributed by atoms with E-state index in [9.17, 15) is 0 Å². The zero-order chi connectivity index (χ0) is 53.4. The second-order valence-electron chi connectivity index (χ2n) is 21.9. The van der Waals surface area contributed by atoms with Crippen LogP contribution in [0.25, 0.3) is 99.8 Å². The Morgan fingerprint density at radius 1 is 0.309 bits per heavy atom. The lowest BCUT2D eigenvalue weighted by Crippen LogP contribution is -2.27. The van der Waals surface area contributed by atoms with Gasteiger partial charge in [0.2, 0.25) is 0 Å². The molecule has 0 saturated carbocycles. The van der Waals surface area contributed by atoms with E-state index in [1.54, 1.807) is 0 Å². The van der Waals surface area contributed by atoms with E-state index >= 15 is 0 Å². The third-order valence-electron chi connectivity index (χ3n) is 17.6. The molecule has 13 aromatic rings. The number of aromatic nitrogens is 1. The van der Waals surface area contributed by atoms with E-state index in [2.05, 4.69) is 313 Å². The molecule has 2 heteroatoms. The molecule has 0 aliphatic heterocycles. The van der Waals surface area contributed by atoms with Gasteiger partial charge in [-0.1, -0.05) is 237 Å². The average molecular weight is 1030 g/mol. The monoisotopic (exact) mass is 1030 g/mol. The fraction of sp³-hybridized carbons (Fsp3) is 0.0380. The first-order chi connectivity index (χ1) is 40.2. The minimum atomic E-state index is -0.385. The molecule has 0 saturated heterocycles. The van der Waals surface area contributed by atoms with Gasteiger partial charge < -0.3 is 9.47 Å². The molecule has 1 unspecified atom stereocenters. The van der Waals surface area contributed by atoms with Crippen LogP contribution in [0, 0.1) is 0 Å². The molecule has 0 bridgehead atoms. The second kappa shape index (κ2) is 19.0. The van der Waals surface area contributed by atoms with Crippen molar-refractivity contribution in [3.05, 3.63) is 331 Å². The number of hydrogen-bond acceptors (Lipinski definition) is 1. The van der Waals surface area contributed by atoms with Crippen LogP contribution in [-0.4, -0.2) is 4.57 Å². The Morgan fingerprint density at radius 3 is 1.35 bits per heavy atom. The van der Waals surface area contributed by atoms with E-state index in [-0.39, 0.29) is 5.41 Å². The smallest absolute Gasteiger partial charge is 0.0722 e. The third kappa shape index (κ3) is 7.56. The summed E-state index contributed by atoms with van der Waals surface area (Å²) in [6, 6.07) is 108. The van der Waals surface area contributed by atoms with Crippen molar-refractivity contribution in [3.63, 3.8) is 0 Å². The van der Waals surface area contributed by atoms with Gasteiger partial charge in [0.25, 0.3) is 0 Å². The first-order valence-corrected chi connectivity index (χ1v) is 28.4. The molecule has 2 nitrogen and oxygen atoms in total. The lowest BCUT2D eigenvalue weighted by molar-refractivity contribution is 0.780. The lowest BCUT2D eigenvalue weighted by Gasteiger charge is -2.33. The molecule has 1 spiro atoms. The zero-order valence-electron chi connectivity index (χ0n) is 44.7. The van der Waals surface area contributed by atoms with E-state index in [4.69, 9.17) is 0 Å². The van der Waals surface area contributed by atoms with E-state index < -0.39 is 0 Å². The van der Waals surface area contributed by atoms with Crippen molar-refractivity contribution in [1.29, 1.82) is 0 Å². The Bertz CT molecular complexity index is 4620. The summed E-state index contributed by atoms with van der Waals surface area (Å²) >= 11 is 0. The topological polar surface area (TPSA) is 8.17 Å². The van der Waals surface area contributed by atoms with Crippen LogP contribution in [0.3, 0.4) is 0 Å². The van der Waals surface area contributed by atoms with E-state index in [1.807, 2.05) is 0 Å². The average Bonchev–Trinajstić information content (AvgIpc) is 4.15. The first kappa shape index (κ1) is 46.8. The quantitative estimate of drug-likeness (QED) is 0.140. The van der Waals surface area contributed by atoms with Gasteiger partial charge in [-0.3, -0.25) is 0 Å². The third-order valence-corrected chi connectivity index (χ3v) is 17.6. The van der Waals surface area contributed by atoms with E-state index in [0.29, 0.717) is 0 Å². The SMILES string of the molecule is C1=CC2=C(CC1)c1ccccc1C21c2ccccc2-c2ccc(N(c3ccc(-c4ccccc4)cc3)c3ccc(-c4ccc(-c5ccc(-c6ccc(-c7ccc8c(c7)c7ccccc7n8-c7ccccc7)cc6)cc5)cc4)cc3)cc21. The highest BCUT2D eigenvalue weighted by atomic mass is 15.1. The Hall–Kier alpha value is -10.3. The number of rotatable bonds is 9. The number of hydrogen-bond donors (Lipinski definition) is 0. The predicted octanol–water partition coefficient (Wildman–Crippen LogP) is 21.0. The van der Waals surface area contributed by atoms with Crippen LogP contribution in [-0.2, 0) is 5.41 Å². The molecule has 0 N–H and O–H groups in total. The highest BCUT2D eigenvalue weighted by molar-refractivity contribution is 6.10. The van der Waals surface area contributed by atoms with E-state index in [0.717, 1.165) is 29.9 Å². The fourth-order valence-electron chi connectivity index (χ4n) is 13.8. The van der Waals surface area contributed by atoms with E-state index in [1.165, 1.54) is 128 Å². The first-order valence-electron chi connectivity index (χ1n) is 28.4. The molecular formula is C79H54N2. The predicted molar refractivity (Wildman–Crippen MR) is 340 cm³/mol. The number of benzene rings is 12. The van der Waals surface area contributed by atoms with Crippen molar-refractivity contribution in [2.45, 2.75) is 18.3 Å². The highest BCUT2D eigenvalue weighted by Gasteiger charge is 2.52. The van der Waals surface area contributed by atoms with Crippen molar-refractivity contribution in [3.8, 4) is 72.4 Å². The Kier molecular flexibility index (Phi) is 11.0. The van der Waals surface area contributed by atoms with Crippen molar-refractivity contribution in [1.82, 2.24) is 4.57 Å². The summed E-state index contributed by atoms with van der Waals surface area (Å²) in [4.78, 5) is 2.44. The molecule has 81 heavy (non-hydrogen) atoms. The molecule has 380 valence electrons. The van der Waals surface area contributed by atoms with Gasteiger partial charge in [-0.05, 0) is 180 Å². The maximum atomic E-state index is 2.50. The Morgan fingerprint density at radius 2 is 0.741 bits per heavy atom. The van der Waals surface area contributed by atoms with Gasteiger partial charge in [-0.2, -0.15) is 0 Å². The van der Waals surface area contributed by atoms with Gasteiger partial charge in [-0.25, -0.2) is 0 Å². The molecule has 3 aliphatic carbocycles. The van der Waals surface area contributed by atoms with Gasteiger partial charge >= 0.3 is 0 Å². The van der Waals surface area contributed by atoms with Gasteiger partial charge in [0.1, 0.15) is 0 Å². The molecule has 12 aromatic carbocycles. The van der Waals surface area contributed by atoms with Gasteiger partial charge in [-0.15, -0.1) is 0 Å². The molecule has 0 fully saturated rings. The maximum Gasteiger partial charge on any atom is 0.0722 e. The van der Waals surface area contributed by atoms with Crippen LogP contribution in [0.15, 0.2) is 309 Å². The summed E-state index contributed by atoms with van der Waals surface area (Å²) in [6.07, 6.45) is 6.96. The molecule has 0 amide bonds. The molecule has 1 atom stereocenters. The molecule has 1 aromatic heterocycles. The number of nitrogens with zero attached hydrogens (tertiary/aromatic N) is 2. The van der Waals surface area contributed by atoms with Crippen LogP contribution in [0.1, 0.15) is 35.1 Å². The number of allylic oxidation sites excluding steroid dienone is 4. The summed E-state index contributed by atoms with van der Waals surface area (Å²) in [5.74, 6) is 0. The van der Waals surface area contributed by atoms with Crippen LogP contribution in [0.5, 0.6) is 0 Å². The van der Waals surface area contributed by atoms with Crippen molar-refractivity contribution in [2.24, 2.45) is 0 Å². The van der Waals surface area contributed by atoms with Crippen LogP contribution < -0.4 is 4.90 Å². The van der Waals surface area contributed by atoms with Crippen LogP contribution in [0.4, 0.5) is 17.1 Å². The second-order valence-corrected chi connectivity index (χ2v) is 21.9. The number of fused-ring (bicyclic) bond motifs is 12. The van der Waals surface area contributed by atoms with Crippen LogP contribution in [0.2, 0.25) is 0 Å². The molecule has 1 heterocycles. The minimum absolute atomic E-state index is 0.385. The van der Waals surface area contributed by atoms with Crippen molar-refractivity contribution >= 4 is 44.4 Å². The highest BCUT2D eigenvalue weighted by Crippen LogP contribution is 2.64. The van der Waals surface area contributed by atoms with Gasteiger partial charge in [0.05, 0.1) is 16.4 Å². The Balaban J connectivity index is 0.687. The molecule has 0 radical (unpaired) electrons. The van der Waals surface area contributed by atoms with Crippen LogP contribution >= 0.6 is 0 Å². The summed E-state index contributed by atoms with van der Waals surface area (Å²) in [5.41, 5.74) is 29.6. The van der Waals surface area contributed by atoms with Crippen molar-refractivity contribution in [2.75, 3.05) is 4.90 Å². The fourth-order valence-corrected chi connectivity index (χ4v) is 13.8. The lowest BCUT2D eigenvalue weighted by atomic mass is 9.69. The standard InChI is InChI=1S/C79H54N2/c1-3-15-53(16-4-1)59-39-44-64(45-40-59)80(66-48-49-70-69-21-9-13-25-75(69)79(76(70)52-66)73-23-11-7-19-67(73)68-20-8-12-24-74(68)79)65-46-41-60(42-47-65)58-33-31-55(32-34-58)54-27-29-56(30-28-54)57-35-37-61(38-36-57)62-43-50-78-72(51-62)71-22-10-14-26-77(71)81(78)63-17-5-2-6-18-63/h1-7,9-19,21-52H,8,20H2. The van der Waals surface area contributed by atoms with Gasteiger partial charge in [0.15, 0.2) is 0 Å². The summed E-state index contributed by atoms with van der Waals surface area (Å²) in [7, 11) is 0. The number of para-hydroxylation sites is 2.